The number of hydrogen-bond donors (Lipinski definition) is 1. The van der Waals surface area contributed by atoms with Crippen LogP contribution in [-0.2, 0) is 17.2 Å². The number of aryl methyl sites for hydroxylation is 1. The Morgan fingerprint density at radius 3 is 2.61 bits per heavy atom. The molecule has 3 unspecified atom stereocenters. The van der Waals surface area contributed by atoms with Crippen molar-refractivity contribution in [3.63, 3.8) is 0 Å². The van der Waals surface area contributed by atoms with E-state index in [2.05, 4.69) is 18.2 Å². The molecule has 0 saturated carbocycles. The maximum atomic E-state index is 12.6. The van der Waals surface area contributed by atoms with E-state index in [0.717, 1.165) is 19.3 Å². The van der Waals surface area contributed by atoms with Crippen LogP contribution >= 0.6 is 0 Å². The van der Waals surface area contributed by atoms with Gasteiger partial charge in [0.25, 0.3) is 0 Å². The van der Waals surface area contributed by atoms with Gasteiger partial charge in [0.2, 0.25) is 0 Å². The molecule has 1 aliphatic rings. The maximum absolute atomic E-state index is 12.6. The lowest BCUT2D eigenvalue weighted by molar-refractivity contribution is 0.575. The average Bonchev–Trinajstić information content (AvgIpc) is 2.47. The Hall–Kier alpha value is -0.670. The largest absolute Gasteiger partial charge is 0.323 e. The van der Waals surface area contributed by atoms with Gasteiger partial charge in [-0.15, -0.1) is 0 Å². The third kappa shape index (κ3) is 2.67. The van der Waals surface area contributed by atoms with Crippen molar-refractivity contribution in [1.82, 2.24) is 0 Å². The third-order valence-corrected chi connectivity index (χ3v) is 5.91. The number of benzene rings is 1. The minimum Gasteiger partial charge on any atom is -0.323 e. The topological polar surface area (TPSA) is 43.1 Å². The highest BCUT2D eigenvalue weighted by Gasteiger charge is 2.34. The molecule has 0 aliphatic heterocycles. The first-order valence-corrected chi connectivity index (χ1v) is 7.86. The van der Waals surface area contributed by atoms with Crippen LogP contribution in [0.5, 0.6) is 0 Å². The Bertz CT molecular complexity index is 450. The Morgan fingerprint density at radius 1 is 1.28 bits per heavy atom. The zero-order valence-electron chi connectivity index (χ0n) is 11.5. The summed E-state index contributed by atoms with van der Waals surface area (Å²) >= 11 is 0. The second-order valence-electron chi connectivity index (χ2n) is 6.07. The molecule has 1 aliphatic carbocycles. The molecule has 0 radical (unpaired) electrons. The molecule has 0 aromatic heterocycles. The first kappa shape index (κ1) is 13.8. The number of rotatable bonds is 1. The summed E-state index contributed by atoms with van der Waals surface area (Å²) < 4.78 is 12.4. The fourth-order valence-corrected chi connectivity index (χ4v) is 4.36. The summed E-state index contributed by atoms with van der Waals surface area (Å²) in [5.41, 5.74) is 8.92. The molecule has 0 heterocycles. The van der Waals surface area contributed by atoms with Gasteiger partial charge in [-0.2, -0.15) is 0 Å². The van der Waals surface area contributed by atoms with E-state index in [1.807, 2.05) is 26.8 Å². The predicted octanol–water partition coefficient (Wildman–Crippen LogP) is 2.94. The fourth-order valence-electron chi connectivity index (χ4n) is 2.65. The molecule has 18 heavy (non-hydrogen) atoms. The normalized spacial score (nSPS) is 26.2. The monoisotopic (exact) mass is 265 g/mol. The number of nitrogens with two attached hydrogens (primary N) is 1. The number of fused-ring (bicyclic) bond motifs is 1. The van der Waals surface area contributed by atoms with E-state index >= 15 is 0 Å². The third-order valence-electron chi connectivity index (χ3n) is 3.63. The molecule has 3 atom stereocenters. The molecule has 1 aromatic carbocycles. The van der Waals surface area contributed by atoms with Gasteiger partial charge in [0, 0.05) is 21.6 Å². The van der Waals surface area contributed by atoms with E-state index in [9.17, 15) is 4.21 Å². The van der Waals surface area contributed by atoms with Crippen molar-refractivity contribution in [3.05, 3.63) is 35.4 Å². The zero-order chi connectivity index (χ0) is 13.3. The Balaban J connectivity index is 2.34. The summed E-state index contributed by atoms with van der Waals surface area (Å²) in [5.74, 6) is 0. The SMILES string of the molecule is CC(C)(C)S(=O)C1CCCc2ccccc2C1N. The summed E-state index contributed by atoms with van der Waals surface area (Å²) in [5, 5.41) is 0.0775. The van der Waals surface area contributed by atoms with Crippen LogP contribution < -0.4 is 5.73 Å². The van der Waals surface area contributed by atoms with E-state index in [1.165, 1.54) is 11.1 Å². The van der Waals surface area contributed by atoms with Gasteiger partial charge in [0.05, 0.1) is 5.25 Å². The predicted molar refractivity (Wildman–Crippen MR) is 78.0 cm³/mol. The molecule has 2 nitrogen and oxygen atoms in total. The van der Waals surface area contributed by atoms with Crippen LogP contribution in [-0.4, -0.2) is 14.2 Å². The van der Waals surface area contributed by atoms with Gasteiger partial charge in [0.1, 0.15) is 0 Å². The molecular formula is C15H23NOS. The van der Waals surface area contributed by atoms with Crippen molar-refractivity contribution in [2.75, 3.05) is 0 Å². The quantitative estimate of drug-likeness (QED) is 0.793. The van der Waals surface area contributed by atoms with Crippen LogP contribution in [0.1, 0.15) is 50.8 Å². The molecule has 0 bridgehead atoms. The summed E-state index contributed by atoms with van der Waals surface area (Å²) in [7, 11) is -0.897. The minimum atomic E-state index is -0.897. The molecular weight excluding hydrogens is 242 g/mol. The molecule has 0 fully saturated rings. The van der Waals surface area contributed by atoms with Gasteiger partial charge in [0.15, 0.2) is 0 Å². The Kier molecular flexibility index (Phi) is 3.93. The smallest absolute Gasteiger partial charge is 0.0546 e. The molecule has 3 heteroatoms. The van der Waals surface area contributed by atoms with Crippen LogP contribution in [0.15, 0.2) is 24.3 Å². The van der Waals surface area contributed by atoms with E-state index < -0.39 is 10.8 Å². The van der Waals surface area contributed by atoms with Crippen molar-refractivity contribution >= 4 is 10.8 Å². The molecule has 0 saturated heterocycles. The molecule has 2 rings (SSSR count). The van der Waals surface area contributed by atoms with Crippen molar-refractivity contribution in [3.8, 4) is 0 Å². The van der Waals surface area contributed by atoms with Crippen LogP contribution in [0, 0.1) is 0 Å². The molecule has 1 aromatic rings. The summed E-state index contributed by atoms with van der Waals surface area (Å²) in [4.78, 5) is 0. The fraction of sp³-hybridized carbons (Fsp3) is 0.600. The number of hydrogen-bond acceptors (Lipinski definition) is 2. The van der Waals surface area contributed by atoms with Gasteiger partial charge in [-0.05, 0) is 51.2 Å². The lowest BCUT2D eigenvalue weighted by Crippen LogP contribution is -2.38. The first-order chi connectivity index (χ1) is 8.41. The Labute approximate surface area is 112 Å². The van der Waals surface area contributed by atoms with E-state index in [4.69, 9.17) is 5.73 Å². The maximum Gasteiger partial charge on any atom is 0.0546 e. The second kappa shape index (κ2) is 5.14. The molecule has 0 amide bonds. The van der Waals surface area contributed by atoms with Crippen molar-refractivity contribution in [2.24, 2.45) is 5.73 Å². The van der Waals surface area contributed by atoms with Gasteiger partial charge in [-0.25, -0.2) is 0 Å². The highest BCUT2D eigenvalue weighted by Crippen LogP contribution is 2.33. The second-order valence-corrected chi connectivity index (χ2v) is 8.49. The molecule has 0 spiro atoms. The standard InChI is InChI=1S/C15H23NOS/c1-15(2,3)18(17)13-10-6-8-11-7-4-5-9-12(11)14(13)16/h4-5,7,9,13-14H,6,8,10,16H2,1-3H3. The van der Waals surface area contributed by atoms with Gasteiger partial charge in [-0.1, -0.05) is 24.3 Å². The molecule has 100 valence electrons. The lowest BCUT2D eigenvalue weighted by Gasteiger charge is -2.29. The van der Waals surface area contributed by atoms with Crippen LogP contribution in [0.2, 0.25) is 0 Å². The van der Waals surface area contributed by atoms with E-state index in [1.54, 1.807) is 0 Å². The highest BCUT2D eigenvalue weighted by atomic mass is 32.2. The zero-order valence-corrected chi connectivity index (χ0v) is 12.3. The molecule has 2 N–H and O–H groups in total. The average molecular weight is 265 g/mol. The van der Waals surface area contributed by atoms with Gasteiger partial charge in [-0.3, -0.25) is 4.21 Å². The van der Waals surface area contributed by atoms with Gasteiger partial charge < -0.3 is 5.73 Å². The van der Waals surface area contributed by atoms with Crippen molar-refractivity contribution in [1.29, 1.82) is 0 Å². The van der Waals surface area contributed by atoms with Crippen LogP contribution in [0.25, 0.3) is 0 Å². The van der Waals surface area contributed by atoms with Gasteiger partial charge >= 0.3 is 0 Å². The minimum absolute atomic E-state index is 0.0775. The summed E-state index contributed by atoms with van der Waals surface area (Å²) in [6.45, 7) is 6.10. The van der Waals surface area contributed by atoms with E-state index in [0.29, 0.717) is 0 Å². The summed E-state index contributed by atoms with van der Waals surface area (Å²) in [6.07, 6.45) is 3.10. The van der Waals surface area contributed by atoms with Crippen molar-refractivity contribution in [2.45, 2.75) is 56.1 Å². The first-order valence-electron chi connectivity index (χ1n) is 6.65. The van der Waals surface area contributed by atoms with Crippen LogP contribution in [0.4, 0.5) is 0 Å². The van der Waals surface area contributed by atoms with Crippen LogP contribution in [0.3, 0.4) is 0 Å². The summed E-state index contributed by atoms with van der Waals surface area (Å²) in [6, 6.07) is 8.24. The Morgan fingerprint density at radius 2 is 1.94 bits per heavy atom. The van der Waals surface area contributed by atoms with E-state index in [-0.39, 0.29) is 16.0 Å². The highest BCUT2D eigenvalue weighted by molar-refractivity contribution is 7.87. The lowest BCUT2D eigenvalue weighted by atomic mass is 10.00. The van der Waals surface area contributed by atoms with Crippen molar-refractivity contribution < 1.29 is 4.21 Å².